The van der Waals surface area contributed by atoms with E-state index in [0.717, 1.165) is 69.8 Å². The van der Waals surface area contributed by atoms with Gasteiger partial charge in [0.15, 0.2) is 0 Å². The summed E-state index contributed by atoms with van der Waals surface area (Å²) in [6, 6.07) is 0. The third-order valence-corrected chi connectivity index (χ3v) is 7.05. The Morgan fingerprint density at radius 2 is 1.30 bits per heavy atom. The first-order valence-corrected chi connectivity index (χ1v) is 15.2. The Balaban J connectivity index is 4.13. The molecule has 4 nitrogen and oxygen atoms in total. The molecule has 0 aromatic rings. The van der Waals surface area contributed by atoms with E-state index < -0.39 is 0 Å². The highest BCUT2D eigenvalue weighted by atomic mass is 79.9. The zero-order valence-corrected chi connectivity index (χ0v) is 23.8. The van der Waals surface area contributed by atoms with Crippen LogP contribution in [0.4, 0.5) is 0 Å². The Morgan fingerprint density at radius 1 is 0.727 bits per heavy atom. The van der Waals surface area contributed by atoms with Crippen molar-refractivity contribution in [3.63, 3.8) is 0 Å². The third-order valence-electron chi connectivity index (χ3n) is 6.49. The summed E-state index contributed by atoms with van der Waals surface area (Å²) in [5.41, 5.74) is 0. The van der Waals surface area contributed by atoms with Crippen LogP contribution in [0, 0.1) is 5.92 Å². The number of alkyl halides is 1. The SMILES string of the molecule is CCCCCCN(CCCCCC(=O)OCC(CC)CCCC)C(=O)CCCCCCCBr. The van der Waals surface area contributed by atoms with Gasteiger partial charge in [0.1, 0.15) is 0 Å². The van der Waals surface area contributed by atoms with Crippen LogP contribution in [0.5, 0.6) is 0 Å². The van der Waals surface area contributed by atoms with Crippen molar-refractivity contribution >= 4 is 27.8 Å². The quantitative estimate of drug-likeness (QED) is 0.0712. The predicted molar refractivity (Wildman–Crippen MR) is 145 cm³/mol. The Morgan fingerprint density at radius 3 is 1.94 bits per heavy atom. The van der Waals surface area contributed by atoms with Gasteiger partial charge in [-0.2, -0.15) is 0 Å². The van der Waals surface area contributed by atoms with E-state index >= 15 is 0 Å². The zero-order valence-electron chi connectivity index (χ0n) is 22.2. The number of amides is 1. The van der Waals surface area contributed by atoms with Gasteiger partial charge in [-0.1, -0.05) is 101 Å². The maximum atomic E-state index is 12.8. The molecule has 1 atom stereocenters. The van der Waals surface area contributed by atoms with E-state index in [2.05, 4.69) is 41.6 Å². The molecule has 0 aromatic carbocycles. The lowest BCUT2D eigenvalue weighted by Gasteiger charge is -2.23. The minimum atomic E-state index is -0.0580. The van der Waals surface area contributed by atoms with Gasteiger partial charge >= 0.3 is 5.97 Å². The molecule has 0 rings (SSSR count). The highest BCUT2D eigenvalue weighted by molar-refractivity contribution is 9.09. The van der Waals surface area contributed by atoms with Gasteiger partial charge in [0, 0.05) is 31.3 Å². The molecule has 5 heteroatoms. The lowest BCUT2D eigenvalue weighted by molar-refractivity contribution is -0.145. The molecule has 0 heterocycles. The second-order valence-corrected chi connectivity index (χ2v) is 10.4. The molecular formula is C28H54BrNO3. The number of carbonyl (C=O) groups excluding carboxylic acids is 2. The van der Waals surface area contributed by atoms with Gasteiger partial charge < -0.3 is 9.64 Å². The summed E-state index contributed by atoms with van der Waals surface area (Å²) in [5.74, 6) is 0.770. The summed E-state index contributed by atoms with van der Waals surface area (Å²) < 4.78 is 5.51. The number of halogens is 1. The lowest BCUT2D eigenvalue weighted by Crippen LogP contribution is -2.32. The zero-order chi connectivity index (χ0) is 24.6. The van der Waals surface area contributed by atoms with Gasteiger partial charge in [0.2, 0.25) is 5.91 Å². The van der Waals surface area contributed by atoms with Crippen molar-refractivity contribution in [2.45, 2.75) is 136 Å². The Bertz CT molecular complexity index is 458. The largest absolute Gasteiger partial charge is 0.465 e. The van der Waals surface area contributed by atoms with Crippen LogP contribution in [0.25, 0.3) is 0 Å². The van der Waals surface area contributed by atoms with E-state index in [9.17, 15) is 9.59 Å². The number of ether oxygens (including phenoxy) is 1. The first kappa shape index (κ1) is 32.4. The lowest BCUT2D eigenvalue weighted by atomic mass is 10.0. The van der Waals surface area contributed by atoms with Gasteiger partial charge in [-0.25, -0.2) is 0 Å². The van der Waals surface area contributed by atoms with Crippen LogP contribution in [0.3, 0.4) is 0 Å². The number of carbonyl (C=O) groups is 2. The van der Waals surface area contributed by atoms with Crippen LogP contribution in [0.2, 0.25) is 0 Å². The van der Waals surface area contributed by atoms with Crippen LogP contribution in [0.1, 0.15) is 136 Å². The molecule has 196 valence electrons. The number of hydrogen-bond acceptors (Lipinski definition) is 3. The molecule has 0 saturated carbocycles. The molecule has 0 radical (unpaired) electrons. The molecule has 33 heavy (non-hydrogen) atoms. The van der Waals surface area contributed by atoms with E-state index in [1.165, 1.54) is 51.4 Å². The summed E-state index contributed by atoms with van der Waals surface area (Å²) in [6.07, 6.45) is 19.3. The standard InChI is InChI=1S/C28H54BrNO3/c1-4-7-9-17-23-30(27(31)20-14-11-10-12-16-22-29)24-18-13-15-21-28(32)33-25-26(6-3)19-8-5-2/h26H,4-25H2,1-3H3. The Kier molecular flexibility index (Phi) is 24.1. The van der Waals surface area contributed by atoms with Crippen molar-refractivity contribution in [1.82, 2.24) is 4.90 Å². The van der Waals surface area contributed by atoms with Crippen LogP contribution in [0.15, 0.2) is 0 Å². The van der Waals surface area contributed by atoms with Crippen molar-refractivity contribution < 1.29 is 14.3 Å². The minimum Gasteiger partial charge on any atom is -0.465 e. The number of unbranched alkanes of at least 4 members (excludes halogenated alkanes) is 10. The van der Waals surface area contributed by atoms with Crippen molar-refractivity contribution in [3.05, 3.63) is 0 Å². The molecule has 1 amide bonds. The van der Waals surface area contributed by atoms with Crippen LogP contribution in [-0.4, -0.2) is 41.8 Å². The van der Waals surface area contributed by atoms with Crippen molar-refractivity contribution in [2.75, 3.05) is 25.0 Å². The Hall–Kier alpha value is -0.580. The molecule has 1 unspecified atom stereocenters. The number of hydrogen-bond donors (Lipinski definition) is 0. The summed E-state index contributed by atoms with van der Waals surface area (Å²) in [7, 11) is 0. The molecule has 0 fully saturated rings. The van der Waals surface area contributed by atoms with Gasteiger partial charge in [0.05, 0.1) is 6.61 Å². The molecule has 0 aliphatic rings. The third kappa shape index (κ3) is 20.5. The molecule has 0 N–H and O–H groups in total. The average Bonchev–Trinajstić information content (AvgIpc) is 2.82. The summed E-state index contributed by atoms with van der Waals surface area (Å²) in [6.45, 7) is 8.89. The normalized spacial score (nSPS) is 12.0. The fourth-order valence-electron chi connectivity index (χ4n) is 4.08. The predicted octanol–water partition coefficient (Wildman–Crippen LogP) is 8.45. The summed E-state index contributed by atoms with van der Waals surface area (Å²) >= 11 is 3.48. The van der Waals surface area contributed by atoms with E-state index in [1.54, 1.807) is 0 Å². The second kappa shape index (κ2) is 24.5. The monoisotopic (exact) mass is 531 g/mol. The second-order valence-electron chi connectivity index (χ2n) is 9.56. The van der Waals surface area contributed by atoms with E-state index in [1.807, 2.05) is 0 Å². The van der Waals surface area contributed by atoms with Gasteiger partial charge in [-0.15, -0.1) is 0 Å². The van der Waals surface area contributed by atoms with E-state index in [0.29, 0.717) is 31.3 Å². The molecule has 0 spiro atoms. The average molecular weight is 533 g/mol. The number of nitrogens with zero attached hydrogens (tertiary/aromatic N) is 1. The van der Waals surface area contributed by atoms with Crippen molar-refractivity contribution in [1.29, 1.82) is 0 Å². The highest BCUT2D eigenvalue weighted by Gasteiger charge is 2.13. The van der Waals surface area contributed by atoms with Crippen molar-refractivity contribution in [2.24, 2.45) is 5.92 Å². The van der Waals surface area contributed by atoms with E-state index in [4.69, 9.17) is 4.74 Å². The molecular weight excluding hydrogens is 478 g/mol. The topological polar surface area (TPSA) is 46.6 Å². The first-order valence-electron chi connectivity index (χ1n) is 14.1. The van der Waals surface area contributed by atoms with Crippen LogP contribution in [-0.2, 0) is 14.3 Å². The molecule has 0 aliphatic carbocycles. The fraction of sp³-hybridized carbons (Fsp3) is 0.929. The summed E-state index contributed by atoms with van der Waals surface area (Å²) in [4.78, 5) is 26.9. The van der Waals surface area contributed by atoms with Crippen LogP contribution < -0.4 is 0 Å². The highest BCUT2D eigenvalue weighted by Crippen LogP contribution is 2.14. The molecule has 0 saturated heterocycles. The first-order chi connectivity index (χ1) is 16.1. The Labute approximate surface area is 214 Å². The van der Waals surface area contributed by atoms with Crippen molar-refractivity contribution in [3.8, 4) is 0 Å². The molecule has 0 bridgehead atoms. The molecule has 0 aliphatic heterocycles. The van der Waals surface area contributed by atoms with Gasteiger partial charge in [-0.3, -0.25) is 9.59 Å². The maximum Gasteiger partial charge on any atom is 0.305 e. The van der Waals surface area contributed by atoms with Gasteiger partial charge in [0.25, 0.3) is 0 Å². The van der Waals surface area contributed by atoms with E-state index in [-0.39, 0.29) is 5.97 Å². The fourth-order valence-corrected chi connectivity index (χ4v) is 4.48. The smallest absolute Gasteiger partial charge is 0.305 e. The number of esters is 1. The summed E-state index contributed by atoms with van der Waals surface area (Å²) in [5, 5.41) is 1.08. The maximum absolute atomic E-state index is 12.8. The molecule has 0 aromatic heterocycles. The number of rotatable bonds is 24. The minimum absolute atomic E-state index is 0.0580. The van der Waals surface area contributed by atoms with Crippen LogP contribution >= 0.6 is 15.9 Å². The van der Waals surface area contributed by atoms with Gasteiger partial charge in [-0.05, 0) is 44.4 Å².